The van der Waals surface area contributed by atoms with E-state index in [2.05, 4.69) is 33.2 Å². The van der Waals surface area contributed by atoms with E-state index in [1.165, 1.54) is 0 Å². The molecule has 1 rings (SSSR count). The summed E-state index contributed by atoms with van der Waals surface area (Å²) in [6.07, 6.45) is 0. The molecule has 0 fully saturated rings. The van der Waals surface area contributed by atoms with Crippen LogP contribution in [0.1, 0.15) is 10.4 Å². The monoisotopic (exact) mass is 378 g/mol. The van der Waals surface area contributed by atoms with Crippen molar-refractivity contribution in [3.05, 3.63) is 27.3 Å². The summed E-state index contributed by atoms with van der Waals surface area (Å²) < 4.78 is 10.9. The molecule has 0 aliphatic rings. The van der Waals surface area contributed by atoms with Crippen LogP contribution in [0.3, 0.4) is 0 Å². The van der Waals surface area contributed by atoms with Gasteiger partial charge in [-0.3, -0.25) is 4.79 Å². The van der Waals surface area contributed by atoms with Crippen LogP contribution in [0.25, 0.3) is 0 Å². The highest BCUT2D eigenvalue weighted by atomic mass is 127. The third-order valence-corrected chi connectivity index (χ3v) is 3.38. The predicted molar refractivity (Wildman–Crippen MR) is 82.8 cm³/mol. The Labute approximate surface area is 127 Å². The van der Waals surface area contributed by atoms with Crippen molar-refractivity contribution in [2.24, 2.45) is 0 Å². The fourth-order valence-corrected chi connectivity index (χ4v) is 2.20. The second-order valence-corrected chi connectivity index (χ2v) is 5.01. The first-order valence-corrected chi connectivity index (χ1v) is 7.08. The van der Waals surface area contributed by atoms with E-state index < -0.39 is 0 Å². The quantitative estimate of drug-likeness (QED) is 0.529. The summed E-state index contributed by atoms with van der Waals surface area (Å²) in [5, 5.41) is 6.03. The van der Waals surface area contributed by atoms with Gasteiger partial charge in [-0.1, -0.05) is 0 Å². The Kier molecular flexibility index (Phi) is 7.76. The Bertz CT molecular complexity index is 413. The van der Waals surface area contributed by atoms with Gasteiger partial charge in [-0.15, -0.1) is 0 Å². The summed E-state index contributed by atoms with van der Waals surface area (Å²) in [6, 6.07) is 5.40. The highest BCUT2D eigenvalue weighted by Crippen LogP contribution is 2.19. The number of hydrogen-bond acceptors (Lipinski definition) is 4. The standard InChI is InChI=1S/C13H19IN2O3/c1-18-8-7-15-5-6-16-13(17)11-4-3-10(19-2)9-12(11)14/h3-4,9,15H,5-8H2,1-2H3,(H,16,17). The maximum atomic E-state index is 11.9. The Morgan fingerprint density at radius 3 is 2.68 bits per heavy atom. The van der Waals surface area contributed by atoms with E-state index >= 15 is 0 Å². The largest absolute Gasteiger partial charge is 0.497 e. The molecule has 6 heteroatoms. The zero-order chi connectivity index (χ0) is 14.1. The number of ether oxygens (including phenoxy) is 2. The molecule has 2 N–H and O–H groups in total. The van der Waals surface area contributed by atoms with Gasteiger partial charge in [-0.25, -0.2) is 0 Å². The van der Waals surface area contributed by atoms with Crippen molar-refractivity contribution < 1.29 is 14.3 Å². The summed E-state index contributed by atoms with van der Waals surface area (Å²) in [6.45, 7) is 2.77. The van der Waals surface area contributed by atoms with E-state index in [1.807, 2.05) is 6.07 Å². The topological polar surface area (TPSA) is 59.6 Å². The van der Waals surface area contributed by atoms with E-state index in [1.54, 1.807) is 26.4 Å². The molecule has 0 bridgehead atoms. The van der Waals surface area contributed by atoms with Crippen LogP contribution in [-0.2, 0) is 4.74 Å². The van der Waals surface area contributed by atoms with Crippen LogP contribution in [-0.4, -0.2) is 46.4 Å². The summed E-state index contributed by atoms with van der Waals surface area (Å²) in [4.78, 5) is 11.9. The van der Waals surface area contributed by atoms with Crippen LogP contribution in [0.5, 0.6) is 5.75 Å². The average molecular weight is 378 g/mol. The smallest absolute Gasteiger partial charge is 0.252 e. The van der Waals surface area contributed by atoms with Gasteiger partial charge >= 0.3 is 0 Å². The van der Waals surface area contributed by atoms with Crippen molar-refractivity contribution >= 4 is 28.5 Å². The fraction of sp³-hybridized carbons (Fsp3) is 0.462. The van der Waals surface area contributed by atoms with Crippen LogP contribution < -0.4 is 15.4 Å². The minimum absolute atomic E-state index is 0.0689. The van der Waals surface area contributed by atoms with Gasteiger partial charge in [0.25, 0.3) is 5.91 Å². The maximum Gasteiger partial charge on any atom is 0.252 e. The normalized spacial score (nSPS) is 10.3. The number of benzene rings is 1. The number of carbonyl (C=O) groups excluding carboxylic acids is 1. The van der Waals surface area contributed by atoms with Crippen molar-refractivity contribution in [3.8, 4) is 5.75 Å². The van der Waals surface area contributed by atoms with E-state index in [4.69, 9.17) is 9.47 Å². The lowest BCUT2D eigenvalue weighted by Gasteiger charge is -2.09. The van der Waals surface area contributed by atoms with Crippen LogP contribution in [0, 0.1) is 3.57 Å². The number of amides is 1. The molecule has 0 aromatic heterocycles. The van der Waals surface area contributed by atoms with Crippen LogP contribution in [0.15, 0.2) is 18.2 Å². The van der Waals surface area contributed by atoms with Gasteiger partial charge in [0.1, 0.15) is 5.75 Å². The van der Waals surface area contributed by atoms with E-state index in [0.717, 1.165) is 22.4 Å². The van der Waals surface area contributed by atoms with Crippen molar-refractivity contribution in [2.75, 3.05) is 40.5 Å². The van der Waals surface area contributed by atoms with E-state index in [-0.39, 0.29) is 5.91 Å². The molecule has 1 aromatic rings. The lowest BCUT2D eigenvalue weighted by Crippen LogP contribution is -2.33. The predicted octanol–water partition coefficient (Wildman–Crippen LogP) is 1.27. The van der Waals surface area contributed by atoms with Gasteiger partial charge in [-0.2, -0.15) is 0 Å². The molecule has 1 aromatic carbocycles. The molecule has 0 saturated heterocycles. The molecule has 0 unspecified atom stereocenters. The first kappa shape index (κ1) is 16.2. The number of nitrogens with one attached hydrogen (secondary N) is 2. The van der Waals surface area contributed by atoms with Crippen molar-refractivity contribution in [3.63, 3.8) is 0 Å². The average Bonchev–Trinajstić information content (AvgIpc) is 2.42. The Hall–Kier alpha value is -0.860. The van der Waals surface area contributed by atoms with E-state index in [9.17, 15) is 4.79 Å². The van der Waals surface area contributed by atoms with Gasteiger partial charge in [0.05, 0.1) is 19.3 Å². The first-order chi connectivity index (χ1) is 9.19. The van der Waals surface area contributed by atoms with Gasteiger partial charge in [0, 0.05) is 30.3 Å². The second-order valence-electron chi connectivity index (χ2n) is 3.84. The molecule has 0 heterocycles. The molecule has 1 amide bonds. The highest BCUT2D eigenvalue weighted by Gasteiger charge is 2.09. The van der Waals surface area contributed by atoms with Gasteiger partial charge in [-0.05, 0) is 40.8 Å². The first-order valence-electron chi connectivity index (χ1n) is 6.00. The second kappa shape index (κ2) is 9.11. The zero-order valence-corrected chi connectivity index (χ0v) is 13.3. The Morgan fingerprint density at radius 1 is 1.26 bits per heavy atom. The van der Waals surface area contributed by atoms with Crippen LogP contribution in [0.4, 0.5) is 0 Å². The molecule has 0 saturated carbocycles. The lowest BCUT2D eigenvalue weighted by molar-refractivity contribution is 0.0953. The van der Waals surface area contributed by atoms with Crippen LogP contribution in [0.2, 0.25) is 0 Å². The molecular formula is C13H19IN2O3. The highest BCUT2D eigenvalue weighted by molar-refractivity contribution is 14.1. The number of rotatable bonds is 8. The number of methoxy groups -OCH3 is 2. The van der Waals surface area contributed by atoms with Gasteiger partial charge in [0.15, 0.2) is 0 Å². The van der Waals surface area contributed by atoms with Crippen molar-refractivity contribution in [1.29, 1.82) is 0 Å². The fourth-order valence-electron chi connectivity index (χ4n) is 1.47. The zero-order valence-electron chi connectivity index (χ0n) is 11.2. The van der Waals surface area contributed by atoms with Crippen molar-refractivity contribution in [2.45, 2.75) is 0 Å². The van der Waals surface area contributed by atoms with Crippen LogP contribution >= 0.6 is 22.6 Å². The summed E-state index contributed by atoms with van der Waals surface area (Å²) in [5.74, 6) is 0.683. The van der Waals surface area contributed by atoms with Crippen molar-refractivity contribution in [1.82, 2.24) is 10.6 Å². The molecule has 0 radical (unpaired) electrons. The summed E-state index contributed by atoms with van der Waals surface area (Å²) in [7, 11) is 3.27. The molecule has 19 heavy (non-hydrogen) atoms. The molecule has 0 spiro atoms. The molecular weight excluding hydrogens is 359 g/mol. The summed E-state index contributed by atoms with van der Waals surface area (Å²) >= 11 is 2.13. The maximum absolute atomic E-state index is 11.9. The van der Waals surface area contributed by atoms with E-state index in [0.29, 0.717) is 18.7 Å². The van der Waals surface area contributed by atoms with Gasteiger partial charge < -0.3 is 20.1 Å². The minimum atomic E-state index is -0.0689. The number of hydrogen-bond donors (Lipinski definition) is 2. The molecule has 0 atom stereocenters. The Balaban J connectivity index is 2.37. The Morgan fingerprint density at radius 2 is 2.05 bits per heavy atom. The number of halogens is 1. The molecule has 5 nitrogen and oxygen atoms in total. The molecule has 106 valence electrons. The third-order valence-electron chi connectivity index (χ3n) is 2.49. The molecule has 0 aliphatic heterocycles. The lowest BCUT2D eigenvalue weighted by atomic mass is 10.2. The SMILES string of the molecule is COCCNCCNC(=O)c1ccc(OC)cc1I. The molecule has 0 aliphatic carbocycles. The van der Waals surface area contributed by atoms with Gasteiger partial charge in [0.2, 0.25) is 0 Å². The number of carbonyl (C=O) groups is 1. The summed E-state index contributed by atoms with van der Waals surface area (Å²) in [5.41, 5.74) is 0.665. The minimum Gasteiger partial charge on any atom is -0.497 e. The third kappa shape index (κ3) is 5.75.